The van der Waals surface area contributed by atoms with E-state index in [0.717, 1.165) is 6.42 Å². The number of thiocarbonyl (C=S) groups is 1. The minimum Gasteiger partial charge on any atom is -0.393 e. The van der Waals surface area contributed by atoms with E-state index in [-0.39, 0.29) is 11.8 Å². The average molecular weight is 230 g/mol. The number of rotatable bonds is 6. The van der Waals surface area contributed by atoms with Crippen LogP contribution < -0.4 is 5.73 Å². The van der Waals surface area contributed by atoms with Gasteiger partial charge in [0.25, 0.3) is 0 Å². The Labute approximate surface area is 98.0 Å². The molecule has 0 radical (unpaired) electrons. The first-order valence-electron chi connectivity index (χ1n) is 5.37. The standard InChI is InChI=1S/C11H22N2OS/c1-8(2)5-6-10(14)13(4)7-9(3)11(12)15/h8-9H,5-7H2,1-4H3,(H2,12,15). The van der Waals surface area contributed by atoms with Crippen LogP contribution >= 0.6 is 12.2 Å². The molecule has 1 unspecified atom stereocenters. The number of nitrogens with zero attached hydrogens (tertiary/aromatic N) is 1. The van der Waals surface area contributed by atoms with Gasteiger partial charge in [-0.3, -0.25) is 4.79 Å². The predicted octanol–water partition coefficient (Wildman–Crippen LogP) is 1.80. The second-order valence-electron chi connectivity index (χ2n) is 4.51. The normalized spacial score (nSPS) is 12.6. The van der Waals surface area contributed by atoms with Gasteiger partial charge in [0.1, 0.15) is 0 Å². The number of hydrogen-bond donors (Lipinski definition) is 1. The summed E-state index contributed by atoms with van der Waals surface area (Å²) in [7, 11) is 1.80. The first kappa shape index (κ1) is 14.4. The molecular weight excluding hydrogens is 208 g/mol. The molecule has 1 amide bonds. The molecule has 0 heterocycles. The van der Waals surface area contributed by atoms with Gasteiger partial charge in [0, 0.05) is 25.9 Å². The molecule has 0 aliphatic carbocycles. The third-order valence-corrected chi connectivity index (χ3v) is 2.80. The molecule has 0 aliphatic rings. The van der Waals surface area contributed by atoms with Crippen LogP contribution in [0.15, 0.2) is 0 Å². The molecule has 0 aromatic rings. The molecule has 0 rings (SSSR count). The zero-order chi connectivity index (χ0) is 12.0. The fourth-order valence-electron chi connectivity index (χ4n) is 1.21. The van der Waals surface area contributed by atoms with Crippen LogP contribution in [0.1, 0.15) is 33.6 Å². The van der Waals surface area contributed by atoms with Crippen molar-refractivity contribution in [3.05, 3.63) is 0 Å². The van der Waals surface area contributed by atoms with Crippen molar-refractivity contribution in [1.82, 2.24) is 4.90 Å². The van der Waals surface area contributed by atoms with Gasteiger partial charge in [0.15, 0.2) is 0 Å². The van der Waals surface area contributed by atoms with E-state index < -0.39 is 0 Å². The fraction of sp³-hybridized carbons (Fsp3) is 0.818. The number of nitrogens with two attached hydrogens (primary N) is 1. The molecule has 0 fully saturated rings. The quantitative estimate of drug-likeness (QED) is 0.708. The van der Waals surface area contributed by atoms with Crippen molar-refractivity contribution < 1.29 is 4.79 Å². The summed E-state index contributed by atoms with van der Waals surface area (Å²) in [6.45, 7) is 6.79. The van der Waals surface area contributed by atoms with Gasteiger partial charge < -0.3 is 10.6 Å². The van der Waals surface area contributed by atoms with Gasteiger partial charge in [-0.15, -0.1) is 0 Å². The Morgan fingerprint density at radius 3 is 2.33 bits per heavy atom. The summed E-state index contributed by atoms with van der Waals surface area (Å²) in [6.07, 6.45) is 1.54. The summed E-state index contributed by atoms with van der Waals surface area (Å²) in [6, 6.07) is 0. The molecule has 0 spiro atoms. The van der Waals surface area contributed by atoms with E-state index in [4.69, 9.17) is 18.0 Å². The van der Waals surface area contributed by atoms with Gasteiger partial charge in [0.05, 0.1) is 4.99 Å². The van der Waals surface area contributed by atoms with Gasteiger partial charge in [-0.05, 0) is 12.3 Å². The average Bonchev–Trinajstić information content (AvgIpc) is 2.13. The maximum absolute atomic E-state index is 11.6. The van der Waals surface area contributed by atoms with Crippen molar-refractivity contribution in [2.45, 2.75) is 33.6 Å². The molecule has 0 aromatic heterocycles. The summed E-state index contributed by atoms with van der Waals surface area (Å²) in [5.74, 6) is 0.829. The lowest BCUT2D eigenvalue weighted by atomic mass is 10.1. The van der Waals surface area contributed by atoms with Crippen molar-refractivity contribution in [2.24, 2.45) is 17.6 Å². The number of carbonyl (C=O) groups excluding carboxylic acids is 1. The molecule has 4 heteroatoms. The lowest BCUT2D eigenvalue weighted by molar-refractivity contribution is -0.130. The maximum atomic E-state index is 11.6. The monoisotopic (exact) mass is 230 g/mol. The van der Waals surface area contributed by atoms with Gasteiger partial charge in [-0.1, -0.05) is 33.0 Å². The summed E-state index contributed by atoms with van der Waals surface area (Å²) in [5.41, 5.74) is 5.50. The highest BCUT2D eigenvalue weighted by Gasteiger charge is 2.13. The topological polar surface area (TPSA) is 46.3 Å². The molecule has 3 nitrogen and oxygen atoms in total. The molecule has 2 N–H and O–H groups in total. The maximum Gasteiger partial charge on any atom is 0.222 e. The molecule has 88 valence electrons. The zero-order valence-electron chi connectivity index (χ0n) is 10.1. The molecule has 0 aliphatic heterocycles. The molecule has 15 heavy (non-hydrogen) atoms. The lowest BCUT2D eigenvalue weighted by Crippen LogP contribution is -2.35. The van der Waals surface area contributed by atoms with Crippen LogP contribution in [0.5, 0.6) is 0 Å². The Kier molecular flexibility index (Phi) is 6.48. The van der Waals surface area contributed by atoms with Gasteiger partial charge in [0.2, 0.25) is 5.91 Å². The second kappa shape index (κ2) is 6.77. The Balaban J connectivity index is 3.93. The molecular formula is C11H22N2OS. The van der Waals surface area contributed by atoms with Crippen LogP contribution in [0.25, 0.3) is 0 Å². The first-order chi connectivity index (χ1) is 6.84. The van der Waals surface area contributed by atoms with Crippen molar-refractivity contribution >= 4 is 23.1 Å². The summed E-state index contributed by atoms with van der Waals surface area (Å²) in [4.78, 5) is 13.8. The second-order valence-corrected chi connectivity index (χ2v) is 4.98. The van der Waals surface area contributed by atoms with E-state index >= 15 is 0 Å². The summed E-state index contributed by atoms with van der Waals surface area (Å²) < 4.78 is 0. The predicted molar refractivity (Wildman–Crippen MR) is 67.7 cm³/mol. The summed E-state index contributed by atoms with van der Waals surface area (Å²) >= 11 is 4.87. The van der Waals surface area contributed by atoms with Crippen LogP contribution in [0, 0.1) is 11.8 Å². The van der Waals surface area contributed by atoms with Crippen LogP contribution in [0.3, 0.4) is 0 Å². The number of hydrogen-bond acceptors (Lipinski definition) is 2. The van der Waals surface area contributed by atoms with E-state index in [1.165, 1.54) is 0 Å². The summed E-state index contributed by atoms with van der Waals surface area (Å²) in [5, 5.41) is 0. The first-order valence-corrected chi connectivity index (χ1v) is 5.78. The van der Waals surface area contributed by atoms with Crippen molar-refractivity contribution in [3.8, 4) is 0 Å². The van der Waals surface area contributed by atoms with Crippen LogP contribution in [-0.4, -0.2) is 29.4 Å². The Bertz CT molecular complexity index is 229. The Hall–Kier alpha value is -0.640. The van der Waals surface area contributed by atoms with E-state index in [1.807, 2.05) is 6.92 Å². The van der Waals surface area contributed by atoms with Gasteiger partial charge in [-0.25, -0.2) is 0 Å². The third kappa shape index (κ3) is 6.44. The van der Waals surface area contributed by atoms with Crippen molar-refractivity contribution in [1.29, 1.82) is 0 Å². The van der Waals surface area contributed by atoms with Crippen molar-refractivity contribution in [2.75, 3.05) is 13.6 Å². The number of carbonyl (C=O) groups is 1. The van der Waals surface area contributed by atoms with E-state index in [9.17, 15) is 4.79 Å². The van der Waals surface area contributed by atoms with Crippen LogP contribution in [0.4, 0.5) is 0 Å². The largest absolute Gasteiger partial charge is 0.393 e. The zero-order valence-corrected chi connectivity index (χ0v) is 10.9. The molecule has 1 atom stereocenters. The fourth-order valence-corrected chi connectivity index (χ4v) is 1.28. The molecule has 0 saturated carbocycles. The van der Waals surface area contributed by atoms with E-state index in [2.05, 4.69) is 13.8 Å². The number of amides is 1. The van der Waals surface area contributed by atoms with Gasteiger partial charge >= 0.3 is 0 Å². The van der Waals surface area contributed by atoms with E-state index in [1.54, 1.807) is 11.9 Å². The Morgan fingerprint density at radius 1 is 1.40 bits per heavy atom. The molecule has 0 aromatic carbocycles. The highest BCUT2D eigenvalue weighted by Crippen LogP contribution is 2.07. The lowest BCUT2D eigenvalue weighted by Gasteiger charge is -2.21. The highest BCUT2D eigenvalue weighted by atomic mass is 32.1. The van der Waals surface area contributed by atoms with Gasteiger partial charge in [-0.2, -0.15) is 0 Å². The third-order valence-electron chi connectivity index (χ3n) is 2.39. The highest BCUT2D eigenvalue weighted by molar-refractivity contribution is 7.80. The van der Waals surface area contributed by atoms with Crippen LogP contribution in [-0.2, 0) is 4.79 Å². The Morgan fingerprint density at radius 2 is 1.93 bits per heavy atom. The van der Waals surface area contributed by atoms with E-state index in [0.29, 0.717) is 23.9 Å². The minimum atomic E-state index is 0.0907. The SMILES string of the molecule is CC(C)CCC(=O)N(C)CC(C)C(N)=S. The van der Waals surface area contributed by atoms with Crippen LogP contribution in [0.2, 0.25) is 0 Å². The molecule has 0 bridgehead atoms. The molecule has 0 saturated heterocycles. The smallest absolute Gasteiger partial charge is 0.222 e. The van der Waals surface area contributed by atoms with Crippen molar-refractivity contribution in [3.63, 3.8) is 0 Å². The minimum absolute atomic E-state index is 0.0907.